The molecule has 1 aliphatic rings. The van der Waals surface area contributed by atoms with Gasteiger partial charge < -0.3 is 23.6 Å². The summed E-state index contributed by atoms with van der Waals surface area (Å²) < 4.78 is 21.9. The highest BCUT2D eigenvalue weighted by Crippen LogP contribution is 2.31. The van der Waals surface area contributed by atoms with Gasteiger partial charge in [0, 0.05) is 24.6 Å². The Kier molecular flexibility index (Phi) is 8.73. The number of hydrogen-bond acceptors (Lipinski definition) is 7. The number of carbonyl (C=O) groups is 1. The molecule has 1 heterocycles. The Balaban J connectivity index is 1.38. The summed E-state index contributed by atoms with van der Waals surface area (Å²) >= 11 is 0. The number of ether oxygens (including phenoxy) is 3. The average Bonchev–Trinajstić information content (AvgIpc) is 3.38. The fraction of sp³-hybridized carbons (Fsp3) is 0.444. The summed E-state index contributed by atoms with van der Waals surface area (Å²) in [5.74, 6) is 2.21. The van der Waals surface area contributed by atoms with Crippen LogP contribution in [0.1, 0.15) is 43.6 Å². The number of aromatic nitrogens is 2. The van der Waals surface area contributed by atoms with Gasteiger partial charge in [0.15, 0.2) is 11.5 Å². The molecule has 0 N–H and O–H groups in total. The topological polar surface area (TPSA) is 86.9 Å². The summed E-state index contributed by atoms with van der Waals surface area (Å²) in [7, 11) is 3.18. The summed E-state index contributed by atoms with van der Waals surface area (Å²) in [6.07, 6.45) is 6.03. The second kappa shape index (κ2) is 12.4. The SMILES string of the molecule is COc1ccc(-c2noc(CCN(C(=O)COCc3ccccc3)C3CCCCC3)n2)cc1OC. The van der Waals surface area contributed by atoms with Crippen molar-refractivity contribution in [2.24, 2.45) is 0 Å². The van der Waals surface area contributed by atoms with Crippen LogP contribution >= 0.6 is 0 Å². The van der Waals surface area contributed by atoms with Crippen molar-refractivity contribution in [1.82, 2.24) is 15.0 Å². The molecular formula is C27H33N3O5. The lowest BCUT2D eigenvalue weighted by Gasteiger charge is -2.34. The summed E-state index contributed by atoms with van der Waals surface area (Å²) in [5.41, 5.74) is 1.82. The minimum absolute atomic E-state index is 0.00691. The normalized spacial score (nSPS) is 14.0. The molecule has 1 fully saturated rings. The number of rotatable bonds is 11. The van der Waals surface area contributed by atoms with Crippen molar-refractivity contribution in [1.29, 1.82) is 0 Å². The van der Waals surface area contributed by atoms with Crippen molar-refractivity contribution < 1.29 is 23.5 Å². The largest absolute Gasteiger partial charge is 0.493 e. The minimum Gasteiger partial charge on any atom is -0.493 e. The number of amides is 1. The Bertz CT molecular complexity index is 1080. The molecule has 2 aromatic carbocycles. The van der Waals surface area contributed by atoms with E-state index in [1.807, 2.05) is 53.4 Å². The van der Waals surface area contributed by atoms with E-state index in [4.69, 9.17) is 18.7 Å². The van der Waals surface area contributed by atoms with E-state index in [1.54, 1.807) is 14.2 Å². The molecule has 1 amide bonds. The zero-order chi connectivity index (χ0) is 24.5. The zero-order valence-electron chi connectivity index (χ0n) is 20.4. The van der Waals surface area contributed by atoms with Crippen LogP contribution in [0.5, 0.6) is 11.5 Å². The lowest BCUT2D eigenvalue weighted by atomic mass is 9.94. The van der Waals surface area contributed by atoms with Gasteiger partial charge >= 0.3 is 0 Å². The van der Waals surface area contributed by atoms with E-state index in [9.17, 15) is 4.79 Å². The molecular weight excluding hydrogens is 446 g/mol. The maximum absolute atomic E-state index is 13.1. The van der Waals surface area contributed by atoms with Crippen LogP contribution in [0.3, 0.4) is 0 Å². The molecule has 0 atom stereocenters. The smallest absolute Gasteiger partial charge is 0.248 e. The van der Waals surface area contributed by atoms with Crippen molar-refractivity contribution in [3.63, 3.8) is 0 Å². The Hall–Kier alpha value is -3.39. The number of nitrogens with zero attached hydrogens (tertiary/aromatic N) is 3. The summed E-state index contributed by atoms with van der Waals surface area (Å²) in [6, 6.07) is 15.6. The van der Waals surface area contributed by atoms with E-state index in [0.717, 1.165) is 36.8 Å². The van der Waals surface area contributed by atoms with Crippen molar-refractivity contribution >= 4 is 5.91 Å². The van der Waals surface area contributed by atoms with Crippen LogP contribution in [-0.4, -0.2) is 54.4 Å². The molecule has 0 radical (unpaired) electrons. The van der Waals surface area contributed by atoms with Gasteiger partial charge in [-0.1, -0.05) is 54.8 Å². The van der Waals surface area contributed by atoms with Crippen molar-refractivity contribution in [3.05, 3.63) is 60.0 Å². The Morgan fingerprint density at radius 2 is 1.80 bits per heavy atom. The molecule has 8 nitrogen and oxygen atoms in total. The quantitative estimate of drug-likeness (QED) is 0.395. The molecule has 0 spiro atoms. The molecule has 1 aliphatic carbocycles. The van der Waals surface area contributed by atoms with Crippen LogP contribution < -0.4 is 9.47 Å². The molecule has 3 aromatic rings. The van der Waals surface area contributed by atoms with Gasteiger partial charge in [0.25, 0.3) is 0 Å². The van der Waals surface area contributed by atoms with E-state index in [-0.39, 0.29) is 18.6 Å². The molecule has 1 aromatic heterocycles. The monoisotopic (exact) mass is 479 g/mol. The standard InChI is InChI=1S/C27H33N3O5/c1-32-23-14-13-21(17-24(23)33-2)27-28-25(35-29-27)15-16-30(22-11-7-4-8-12-22)26(31)19-34-18-20-9-5-3-6-10-20/h3,5-6,9-10,13-14,17,22H,4,7-8,11-12,15-16,18-19H2,1-2H3. The third kappa shape index (κ3) is 6.60. The van der Waals surface area contributed by atoms with Crippen LogP contribution in [0, 0.1) is 0 Å². The van der Waals surface area contributed by atoms with Crippen molar-refractivity contribution in [2.45, 2.75) is 51.2 Å². The number of hydrogen-bond donors (Lipinski definition) is 0. The van der Waals surface area contributed by atoms with Crippen molar-refractivity contribution in [2.75, 3.05) is 27.4 Å². The molecule has 0 bridgehead atoms. The predicted octanol–water partition coefficient (Wildman–Crippen LogP) is 4.67. The van der Waals surface area contributed by atoms with E-state index in [2.05, 4.69) is 10.1 Å². The first-order valence-corrected chi connectivity index (χ1v) is 12.1. The van der Waals surface area contributed by atoms with Gasteiger partial charge in [-0.25, -0.2) is 0 Å². The molecule has 186 valence electrons. The molecule has 0 aliphatic heterocycles. The third-order valence-corrected chi connectivity index (χ3v) is 6.35. The number of methoxy groups -OCH3 is 2. The molecule has 8 heteroatoms. The Morgan fingerprint density at radius 3 is 2.54 bits per heavy atom. The van der Waals surface area contributed by atoms with E-state index in [0.29, 0.717) is 42.8 Å². The van der Waals surface area contributed by atoms with Gasteiger partial charge in [0.2, 0.25) is 17.6 Å². The summed E-state index contributed by atoms with van der Waals surface area (Å²) in [5, 5.41) is 4.13. The van der Waals surface area contributed by atoms with E-state index >= 15 is 0 Å². The van der Waals surface area contributed by atoms with Gasteiger partial charge in [-0.3, -0.25) is 4.79 Å². The highest BCUT2D eigenvalue weighted by Gasteiger charge is 2.26. The number of benzene rings is 2. The first-order chi connectivity index (χ1) is 17.2. The van der Waals surface area contributed by atoms with Crippen molar-refractivity contribution in [3.8, 4) is 22.9 Å². The fourth-order valence-electron chi connectivity index (χ4n) is 4.48. The molecule has 1 saturated carbocycles. The lowest BCUT2D eigenvalue weighted by molar-refractivity contribution is -0.139. The van der Waals surface area contributed by atoms with Gasteiger partial charge in [0.1, 0.15) is 6.61 Å². The third-order valence-electron chi connectivity index (χ3n) is 6.35. The Labute approximate surface area is 206 Å². The molecule has 0 unspecified atom stereocenters. The first-order valence-electron chi connectivity index (χ1n) is 12.1. The average molecular weight is 480 g/mol. The predicted molar refractivity (Wildman–Crippen MR) is 131 cm³/mol. The van der Waals surface area contributed by atoms with Crippen LogP contribution in [0.4, 0.5) is 0 Å². The van der Waals surface area contributed by atoms with Gasteiger partial charge in [-0.2, -0.15) is 4.98 Å². The maximum atomic E-state index is 13.1. The second-order valence-corrected chi connectivity index (χ2v) is 8.69. The second-order valence-electron chi connectivity index (χ2n) is 8.69. The van der Waals surface area contributed by atoms with E-state index < -0.39 is 0 Å². The zero-order valence-corrected chi connectivity index (χ0v) is 20.4. The van der Waals surface area contributed by atoms with Gasteiger partial charge in [-0.05, 0) is 36.6 Å². The molecule has 0 saturated heterocycles. The maximum Gasteiger partial charge on any atom is 0.248 e. The minimum atomic E-state index is 0.00691. The first kappa shape index (κ1) is 24.7. The van der Waals surface area contributed by atoms with Crippen LogP contribution in [0.15, 0.2) is 53.1 Å². The van der Waals surface area contributed by atoms with Crippen LogP contribution in [-0.2, 0) is 22.6 Å². The highest BCUT2D eigenvalue weighted by atomic mass is 16.5. The fourth-order valence-corrected chi connectivity index (χ4v) is 4.48. The lowest BCUT2D eigenvalue weighted by Crippen LogP contribution is -2.44. The van der Waals surface area contributed by atoms with Gasteiger partial charge in [-0.15, -0.1) is 0 Å². The highest BCUT2D eigenvalue weighted by molar-refractivity contribution is 5.77. The van der Waals surface area contributed by atoms with Crippen LogP contribution in [0.2, 0.25) is 0 Å². The van der Waals surface area contributed by atoms with E-state index in [1.165, 1.54) is 6.42 Å². The summed E-state index contributed by atoms with van der Waals surface area (Å²) in [6.45, 7) is 1.00. The molecule has 4 rings (SSSR count). The number of carbonyl (C=O) groups excluding carboxylic acids is 1. The van der Waals surface area contributed by atoms with Gasteiger partial charge in [0.05, 0.1) is 20.8 Å². The Morgan fingerprint density at radius 1 is 1.03 bits per heavy atom. The van der Waals surface area contributed by atoms with Crippen LogP contribution in [0.25, 0.3) is 11.4 Å². The summed E-state index contributed by atoms with van der Waals surface area (Å²) in [4.78, 5) is 19.6. The molecule has 35 heavy (non-hydrogen) atoms.